The molecule has 0 aliphatic heterocycles. The summed E-state index contributed by atoms with van der Waals surface area (Å²) in [5, 5.41) is 3.71. The zero-order chi connectivity index (χ0) is 15.4. The summed E-state index contributed by atoms with van der Waals surface area (Å²) in [7, 11) is 3.20. The number of hydrogen-bond acceptors (Lipinski definition) is 5. The van der Waals surface area contributed by atoms with Crippen LogP contribution in [-0.4, -0.2) is 24.2 Å². The maximum atomic E-state index is 6.16. The van der Waals surface area contributed by atoms with Gasteiger partial charge in [-0.1, -0.05) is 25.4 Å². The van der Waals surface area contributed by atoms with Crippen molar-refractivity contribution >= 4 is 23.1 Å². The van der Waals surface area contributed by atoms with E-state index in [2.05, 4.69) is 15.3 Å². The first-order valence-electron chi connectivity index (χ1n) is 6.56. The lowest BCUT2D eigenvalue weighted by molar-refractivity contribution is 0.355. The lowest BCUT2D eigenvalue weighted by Gasteiger charge is -2.15. The Morgan fingerprint density at radius 1 is 1.10 bits per heavy atom. The molecule has 0 aliphatic carbocycles. The second-order valence-corrected chi connectivity index (χ2v) is 5.13. The van der Waals surface area contributed by atoms with Crippen molar-refractivity contribution in [2.45, 2.75) is 19.8 Å². The number of anilines is 2. The zero-order valence-electron chi connectivity index (χ0n) is 12.5. The van der Waals surface area contributed by atoms with Crippen molar-refractivity contribution in [2.24, 2.45) is 0 Å². The molecule has 1 aromatic heterocycles. The van der Waals surface area contributed by atoms with Gasteiger partial charge in [-0.2, -0.15) is 0 Å². The van der Waals surface area contributed by atoms with E-state index in [9.17, 15) is 0 Å². The molecule has 112 valence electrons. The quantitative estimate of drug-likeness (QED) is 0.846. The molecule has 5 nitrogen and oxygen atoms in total. The maximum Gasteiger partial charge on any atom is 0.162 e. The fraction of sp³-hybridized carbons (Fsp3) is 0.333. The smallest absolute Gasteiger partial charge is 0.162 e. The fourth-order valence-electron chi connectivity index (χ4n) is 2.04. The summed E-state index contributed by atoms with van der Waals surface area (Å²) in [6.07, 6.45) is 1.44. The van der Waals surface area contributed by atoms with Gasteiger partial charge in [0.05, 0.1) is 14.2 Å². The van der Waals surface area contributed by atoms with E-state index in [0.717, 1.165) is 11.3 Å². The van der Waals surface area contributed by atoms with Crippen molar-refractivity contribution in [3.63, 3.8) is 0 Å². The van der Waals surface area contributed by atoms with Gasteiger partial charge in [-0.05, 0) is 18.1 Å². The van der Waals surface area contributed by atoms with Crippen LogP contribution in [0.4, 0.5) is 11.5 Å². The first kappa shape index (κ1) is 15.4. The number of hydrogen-bond donors (Lipinski definition) is 1. The van der Waals surface area contributed by atoms with E-state index in [4.69, 9.17) is 21.1 Å². The van der Waals surface area contributed by atoms with Crippen LogP contribution in [0.15, 0.2) is 24.5 Å². The highest BCUT2D eigenvalue weighted by atomic mass is 35.5. The average Bonchev–Trinajstić information content (AvgIpc) is 2.46. The Hall–Kier alpha value is -2.01. The van der Waals surface area contributed by atoms with E-state index in [-0.39, 0.29) is 5.92 Å². The lowest BCUT2D eigenvalue weighted by Crippen LogP contribution is -2.03. The predicted molar refractivity (Wildman–Crippen MR) is 84.0 cm³/mol. The van der Waals surface area contributed by atoms with E-state index in [1.165, 1.54) is 6.33 Å². The highest BCUT2D eigenvalue weighted by molar-refractivity contribution is 6.30. The molecule has 0 saturated carbocycles. The first-order chi connectivity index (χ1) is 10.1. The van der Waals surface area contributed by atoms with Crippen LogP contribution in [0.1, 0.15) is 25.3 Å². The van der Waals surface area contributed by atoms with Crippen molar-refractivity contribution in [3.05, 3.63) is 35.2 Å². The molecule has 0 saturated heterocycles. The van der Waals surface area contributed by atoms with Gasteiger partial charge in [0.2, 0.25) is 0 Å². The molecule has 2 aromatic rings. The van der Waals surface area contributed by atoms with E-state index in [0.29, 0.717) is 22.5 Å². The van der Waals surface area contributed by atoms with E-state index in [1.807, 2.05) is 32.0 Å². The third-order valence-electron chi connectivity index (χ3n) is 3.06. The second-order valence-electron chi connectivity index (χ2n) is 4.78. The van der Waals surface area contributed by atoms with Gasteiger partial charge < -0.3 is 14.8 Å². The second kappa shape index (κ2) is 6.63. The predicted octanol–water partition coefficient (Wildman–Crippen LogP) is 4.01. The monoisotopic (exact) mass is 307 g/mol. The highest BCUT2D eigenvalue weighted by Gasteiger charge is 2.14. The molecular formula is C15H18ClN3O2. The van der Waals surface area contributed by atoms with Crippen LogP contribution in [0.25, 0.3) is 0 Å². The van der Waals surface area contributed by atoms with Crippen LogP contribution in [0.3, 0.4) is 0 Å². The average molecular weight is 308 g/mol. The molecular weight excluding hydrogens is 290 g/mol. The number of halogens is 1. The minimum atomic E-state index is 0.210. The van der Waals surface area contributed by atoms with Crippen LogP contribution < -0.4 is 14.8 Å². The van der Waals surface area contributed by atoms with Gasteiger partial charge in [0.15, 0.2) is 11.5 Å². The summed E-state index contributed by atoms with van der Waals surface area (Å²) in [4.78, 5) is 8.31. The van der Waals surface area contributed by atoms with Gasteiger partial charge in [-0.15, -0.1) is 0 Å². The topological polar surface area (TPSA) is 56.3 Å². The van der Waals surface area contributed by atoms with Crippen LogP contribution in [0, 0.1) is 0 Å². The molecule has 0 spiro atoms. The van der Waals surface area contributed by atoms with E-state index < -0.39 is 0 Å². The van der Waals surface area contributed by atoms with Crippen LogP contribution >= 0.6 is 11.6 Å². The molecule has 1 aromatic carbocycles. The number of nitrogens with one attached hydrogen (secondary N) is 1. The summed E-state index contributed by atoms with van der Waals surface area (Å²) < 4.78 is 10.5. The van der Waals surface area contributed by atoms with Crippen molar-refractivity contribution in [1.82, 2.24) is 9.97 Å². The molecule has 0 amide bonds. The summed E-state index contributed by atoms with van der Waals surface area (Å²) >= 11 is 6.16. The van der Waals surface area contributed by atoms with Gasteiger partial charge in [-0.25, -0.2) is 9.97 Å². The summed E-state index contributed by atoms with van der Waals surface area (Å²) in [6, 6.07) is 5.57. The Bertz CT molecular complexity index is 632. The molecule has 2 rings (SSSR count). The van der Waals surface area contributed by atoms with Gasteiger partial charge >= 0.3 is 0 Å². The Kier molecular flexibility index (Phi) is 4.85. The third-order valence-corrected chi connectivity index (χ3v) is 3.36. The molecule has 21 heavy (non-hydrogen) atoms. The number of benzene rings is 1. The number of rotatable bonds is 5. The standard InChI is InChI=1S/C15H18ClN3O2/c1-9(2)13-14(16)17-8-18-15(13)19-10-5-6-11(20-3)12(7-10)21-4/h5-9H,1-4H3,(H,17,18,19). The van der Waals surface area contributed by atoms with Gasteiger partial charge in [0, 0.05) is 17.3 Å². The molecule has 1 N–H and O–H groups in total. The zero-order valence-corrected chi connectivity index (χ0v) is 13.2. The SMILES string of the molecule is COc1ccc(Nc2ncnc(Cl)c2C(C)C)cc1OC. The van der Waals surface area contributed by atoms with Crippen molar-refractivity contribution in [2.75, 3.05) is 19.5 Å². The molecule has 0 fully saturated rings. The summed E-state index contributed by atoms with van der Waals surface area (Å²) in [6.45, 7) is 4.09. The molecule has 0 bridgehead atoms. The van der Waals surface area contributed by atoms with E-state index >= 15 is 0 Å². The fourth-order valence-corrected chi connectivity index (χ4v) is 2.39. The maximum absolute atomic E-state index is 6.16. The normalized spacial score (nSPS) is 10.6. The Morgan fingerprint density at radius 2 is 1.81 bits per heavy atom. The minimum Gasteiger partial charge on any atom is -0.493 e. The van der Waals surface area contributed by atoms with Crippen LogP contribution in [-0.2, 0) is 0 Å². The Balaban J connectivity index is 2.37. The molecule has 0 aliphatic rings. The van der Waals surface area contributed by atoms with Gasteiger partial charge in [0.1, 0.15) is 17.3 Å². The van der Waals surface area contributed by atoms with Crippen molar-refractivity contribution < 1.29 is 9.47 Å². The highest BCUT2D eigenvalue weighted by Crippen LogP contribution is 2.33. The lowest BCUT2D eigenvalue weighted by atomic mass is 10.1. The van der Waals surface area contributed by atoms with E-state index in [1.54, 1.807) is 14.2 Å². The Labute approximate surface area is 129 Å². The molecule has 6 heteroatoms. The number of nitrogens with zero attached hydrogens (tertiary/aromatic N) is 2. The number of ether oxygens (including phenoxy) is 2. The van der Waals surface area contributed by atoms with Gasteiger partial charge in [0.25, 0.3) is 0 Å². The largest absolute Gasteiger partial charge is 0.493 e. The molecule has 1 heterocycles. The van der Waals surface area contributed by atoms with Crippen molar-refractivity contribution in [1.29, 1.82) is 0 Å². The summed E-state index contributed by atoms with van der Waals surface area (Å²) in [5.74, 6) is 2.22. The van der Waals surface area contributed by atoms with Crippen LogP contribution in [0.2, 0.25) is 5.15 Å². The number of aromatic nitrogens is 2. The first-order valence-corrected chi connectivity index (χ1v) is 6.94. The number of methoxy groups -OCH3 is 2. The molecule has 0 radical (unpaired) electrons. The molecule has 0 unspecified atom stereocenters. The summed E-state index contributed by atoms with van der Waals surface area (Å²) in [5.41, 5.74) is 1.72. The minimum absolute atomic E-state index is 0.210. The van der Waals surface area contributed by atoms with Crippen LogP contribution in [0.5, 0.6) is 11.5 Å². The third kappa shape index (κ3) is 3.36. The van der Waals surface area contributed by atoms with Crippen molar-refractivity contribution in [3.8, 4) is 11.5 Å². The molecule has 0 atom stereocenters. The Morgan fingerprint density at radius 3 is 2.43 bits per heavy atom. The van der Waals surface area contributed by atoms with Gasteiger partial charge in [-0.3, -0.25) is 0 Å².